The number of rotatable bonds is 6. The third-order valence-electron chi connectivity index (χ3n) is 3.64. The van der Waals surface area contributed by atoms with Crippen molar-refractivity contribution >= 4 is 29.1 Å². The Morgan fingerprint density at radius 3 is 2.58 bits per heavy atom. The Labute approximate surface area is 155 Å². The van der Waals surface area contributed by atoms with E-state index in [2.05, 4.69) is 20.6 Å². The van der Waals surface area contributed by atoms with E-state index in [1.165, 1.54) is 12.1 Å². The Morgan fingerprint density at radius 2 is 1.88 bits per heavy atom. The first-order chi connectivity index (χ1) is 12.5. The van der Waals surface area contributed by atoms with Gasteiger partial charge in [0.2, 0.25) is 5.95 Å². The SMILES string of the molecule is C[C@H](CO)Nc1nc(Nc2ccc(F)cc2Cl)cc(-c2ccccc2)n1. The number of benzene rings is 2. The van der Waals surface area contributed by atoms with Crippen LogP contribution in [0.1, 0.15) is 6.92 Å². The summed E-state index contributed by atoms with van der Waals surface area (Å²) < 4.78 is 13.2. The van der Waals surface area contributed by atoms with E-state index in [0.29, 0.717) is 23.1 Å². The quantitative estimate of drug-likeness (QED) is 0.595. The normalized spacial score (nSPS) is 11.8. The molecule has 5 nitrogen and oxygen atoms in total. The Hall–Kier alpha value is -2.70. The van der Waals surface area contributed by atoms with Gasteiger partial charge >= 0.3 is 0 Å². The molecule has 3 aromatic rings. The highest BCUT2D eigenvalue weighted by Crippen LogP contribution is 2.28. The maximum Gasteiger partial charge on any atom is 0.225 e. The molecule has 26 heavy (non-hydrogen) atoms. The van der Waals surface area contributed by atoms with Gasteiger partial charge in [-0.2, -0.15) is 4.98 Å². The standard InChI is InChI=1S/C19H18ClFN4O/c1-12(11-26)22-19-24-17(13-5-3-2-4-6-13)10-18(25-19)23-16-8-7-14(21)9-15(16)20/h2-10,12,26H,11H2,1H3,(H2,22,23,24,25)/t12-/m1/s1. The lowest BCUT2D eigenvalue weighted by Gasteiger charge is -2.14. The van der Waals surface area contributed by atoms with E-state index < -0.39 is 5.82 Å². The predicted molar refractivity (Wildman–Crippen MR) is 102 cm³/mol. The molecule has 0 fully saturated rings. The van der Waals surface area contributed by atoms with E-state index in [4.69, 9.17) is 11.6 Å². The molecule has 1 atom stereocenters. The van der Waals surface area contributed by atoms with Crippen molar-refractivity contribution in [1.29, 1.82) is 0 Å². The van der Waals surface area contributed by atoms with Crippen LogP contribution in [0.3, 0.4) is 0 Å². The second-order valence-corrected chi connectivity index (χ2v) is 6.21. The van der Waals surface area contributed by atoms with Crippen LogP contribution in [0.25, 0.3) is 11.3 Å². The van der Waals surface area contributed by atoms with Crippen LogP contribution in [0.5, 0.6) is 0 Å². The molecule has 0 radical (unpaired) electrons. The zero-order chi connectivity index (χ0) is 18.5. The van der Waals surface area contributed by atoms with Gasteiger partial charge in [0.05, 0.1) is 23.0 Å². The Morgan fingerprint density at radius 1 is 1.12 bits per heavy atom. The molecule has 0 saturated heterocycles. The maximum absolute atomic E-state index is 13.2. The Bertz CT molecular complexity index is 892. The summed E-state index contributed by atoms with van der Waals surface area (Å²) >= 11 is 6.09. The highest BCUT2D eigenvalue weighted by molar-refractivity contribution is 6.33. The molecule has 0 amide bonds. The van der Waals surface area contributed by atoms with E-state index in [-0.39, 0.29) is 17.7 Å². The summed E-state index contributed by atoms with van der Waals surface area (Å²) in [4.78, 5) is 8.91. The molecular weight excluding hydrogens is 355 g/mol. The Balaban J connectivity index is 1.98. The van der Waals surface area contributed by atoms with Gasteiger partial charge in [0.1, 0.15) is 11.6 Å². The van der Waals surface area contributed by atoms with Gasteiger partial charge in [0.15, 0.2) is 0 Å². The highest BCUT2D eigenvalue weighted by Gasteiger charge is 2.10. The van der Waals surface area contributed by atoms with Gasteiger partial charge < -0.3 is 15.7 Å². The van der Waals surface area contributed by atoms with Crippen LogP contribution in [0.15, 0.2) is 54.6 Å². The van der Waals surface area contributed by atoms with Crippen molar-refractivity contribution in [2.24, 2.45) is 0 Å². The van der Waals surface area contributed by atoms with Gasteiger partial charge in [-0.15, -0.1) is 0 Å². The van der Waals surface area contributed by atoms with Gasteiger partial charge in [0, 0.05) is 17.7 Å². The van der Waals surface area contributed by atoms with Crippen molar-refractivity contribution in [3.05, 3.63) is 65.4 Å². The summed E-state index contributed by atoms with van der Waals surface area (Å²) in [5.74, 6) is 0.459. The molecule has 0 spiro atoms. The molecule has 1 aromatic heterocycles. The molecule has 0 aliphatic carbocycles. The average Bonchev–Trinajstić information content (AvgIpc) is 2.64. The van der Waals surface area contributed by atoms with Gasteiger partial charge in [-0.1, -0.05) is 41.9 Å². The number of aliphatic hydroxyl groups excluding tert-OH is 1. The molecule has 0 saturated carbocycles. The number of nitrogens with one attached hydrogen (secondary N) is 2. The number of hydrogen-bond donors (Lipinski definition) is 3. The van der Waals surface area contributed by atoms with Crippen molar-refractivity contribution in [3.8, 4) is 11.3 Å². The molecule has 0 aliphatic heterocycles. The number of anilines is 3. The van der Waals surface area contributed by atoms with Crippen LogP contribution in [0.4, 0.5) is 21.8 Å². The number of hydrogen-bond acceptors (Lipinski definition) is 5. The topological polar surface area (TPSA) is 70.1 Å². The average molecular weight is 373 g/mol. The van der Waals surface area contributed by atoms with Crippen LogP contribution in [-0.2, 0) is 0 Å². The van der Waals surface area contributed by atoms with Crippen LogP contribution in [0.2, 0.25) is 5.02 Å². The molecule has 1 heterocycles. The minimum atomic E-state index is -0.410. The van der Waals surface area contributed by atoms with E-state index >= 15 is 0 Å². The van der Waals surface area contributed by atoms with Gasteiger partial charge in [-0.25, -0.2) is 9.37 Å². The van der Waals surface area contributed by atoms with Crippen molar-refractivity contribution in [3.63, 3.8) is 0 Å². The summed E-state index contributed by atoms with van der Waals surface area (Å²) in [5.41, 5.74) is 2.16. The number of aromatic nitrogens is 2. The molecule has 0 aliphatic rings. The molecule has 0 bridgehead atoms. The zero-order valence-electron chi connectivity index (χ0n) is 14.1. The second kappa shape index (κ2) is 8.12. The zero-order valence-corrected chi connectivity index (χ0v) is 14.8. The maximum atomic E-state index is 13.2. The van der Waals surface area contributed by atoms with Crippen LogP contribution >= 0.6 is 11.6 Å². The van der Waals surface area contributed by atoms with Crippen LogP contribution in [-0.4, -0.2) is 27.7 Å². The minimum absolute atomic E-state index is 0.0501. The van der Waals surface area contributed by atoms with Gasteiger partial charge in [-0.05, 0) is 25.1 Å². The first kappa shape index (κ1) is 18.1. The van der Waals surface area contributed by atoms with E-state index in [1.807, 2.05) is 37.3 Å². The molecule has 134 valence electrons. The molecule has 2 aromatic carbocycles. The fourth-order valence-corrected chi connectivity index (χ4v) is 2.54. The first-order valence-corrected chi connectivity index (χ1v) is 8.47. The summed E-state index contributed by atoms with van der Waals surface area (Å²) in [5, 5.41) is 15.7. The third-order valence-corrected chi connectivity index (χ3v) is 3.95. The fraction of sp³-hybridized carbons (Fsp3) is 0.158. The first-order valence-electron chi connectivity index (χ1n) is 8.09. The van der Waals surface area contributed by atoms with Crippen molar-refractivity contribution < 1.29 is 9.50 Å². The van der Waals surface area contributed by atoms with E-state index in [0.717, 1.165) is 5.56 Å². The smallest absolute Gasteiger partial charge is 0.225 e. The minimum Gasteiger partial charge on any atom is -0.394 e. The van der Waals surface area contributed by atoms with Gasteiger partial charge in [-0.3, -0.25) is 0 Å². The molecule has 7 heteroatoms. The summed E-state index contributed by atoms with van der Waals surface area (Å²) in [6.07, 6.45) is 0. The summed E-state index contributed by atoms with van der Waals surface area (Å²) in [6, 6.07) is 15.3. The van der Waals surface area contributed by atoms with Crippen molar-refractivity contribution in [1.82, 2.24) is 9.97 Å². The fourth-order valence-electron chi connectivity index (χ4n) is 2.33. The van der Waals surface area contributed by atoms with E-state index in [1.54, 1.807) is 12.1 Å². The lowest BCUT2D eigenvalue weighted by molar-refractivity contribution is 0.281. The number of nitrogens with zero attached hydrogens (tertiary/aromatic N) is 2. The lowest BCUT2D eigenvalue weighted by atomic mass is 10.1. The molecule has 3 N–H and O–H groups in total. The van der Waals surface area contributed by atoms with Gasteiger partial charge in [0.25, 0.3) is 0 Å². The van der Waals surface area contributed by atoms with E-state index in [9.17, 15) is 9.50 Å². The second-order valence-electron chi connectivity index (χ2n) is 5.81. The largest absolute Gasteiger partial charge is 0.394 e. The van der Waals surface area contributed by atoms with Crippen molar-refractivity contribution in [2.75, 3.05) is 17.2 Å². The lowest BCUT2D eigenvalue weighted by Crippen LogP contribution is -2.21. The number of aliphatic hydroxyl groups is 1. The van der Waals surface area contributed by atoms with Crippen LogP contribution < -0.4 is 10.6 Å². The Kier molecular flexibility index (Phi) is 5.65. The molecule has 0 unspecified atom stereocenters. The molecule has 3 rings (SSSR count). The van der Waals surface area contributed by atoms with Crippen LogP contribution in [0, 0.1) is 5.82 Å². The monoisotopic (exact) mass is 372 g/mol. The highest BCUT2D eigenvalue weighted by atomic mass is 35.5. The van der Waals surface area contributed by atoms with Crippen molar-refractivity contribution in [2.45, 2.75) is 13.0 Å². The predicted octanol–water partition coefficient (Wildman–Crippen LogP) is 4.47. The number of halogens is 2. The summed E-state index contributed by atoms with van der Waals surface area (Å²) in [6.45, 7) is 1.77. The summed E-state index contributed by atoms with van der Waals surface area (Å²) in [7, 11) is 0. The molecular formula is C19H18ClFN4O. The third kappa shape index (κ3) is 4.47.